The van der Waals surface area contributed by atoms with Crippen LogP contribution in [0.25, 0.3) is 0 Å². The van der Waals surface area contributed by atoms with E-state index in [0.29, 0.717) is 6.04 Å². The quantitative estimate of drug-likeness (QED) is 0.531. The van der Waals surface area contributed by atoms with Crippen LogP contribution in [0.3, 0.4) is 0 Å². The molecule has 0 radical (unpaired) electrons. The van der Waals surface area contributed by atoms with Crippen LogP contribution >= 0.6 is 0 Å². The van der Waals surface area contributed by atoms with Crippen molar-refractivity contribution in [3.63, 3.8) is 0 Å². The van der Waals surface area contributed by atoms with Crippen LogP contribution in [0.1, 0.15) is 43.2 Å². The molecule has 1 nitrogen and oxygen atoms in total. The summed E-state index contributed by atoms with van der Waals surface area (Å²) < 4.78 is 0. The topological polar surface area (TPSA) is 26.0 Å². The molecule has 1 unspecified atom stereocenters. The summed E-state index contributed by atoms with van der Waals surface area (Å²) in [5, 5.41) is 0. The van der Waals surface area contributed by atoms with Gasteiger partial charge in [-0.1, -0.05) is 48.7 Å². The smallest absolute Gasteiger partial charge is 0.00793 e. The molecule has 0 amide bonds. The molecule has 0 heterocycles. The molecule has 1 aromatic carbocycles. The summed E-state index contributed by atoms with van der Waals surface area (Å²) in [6.07, 6.45) is 9.02. The molecule has 0 saturated carbocycles. The lowest BCUT2D eigenvalue weighted by atomic mass is 10.00. The van der Waals surface area contributed by atoms with Crippen molar-refractivity contribution in [3.05, 3.63) is 48.0 Å². The summed E-state index contributed by atoms with van der Waals surface area (Å²) in [5.74, 6) is 0. The third kappa shape index (κ3) is 6.28. The molecule has 1 rings (SSSR count). The van der Waals surface area contributed by atoms with Crippen molar-refractivity contribution < 1.29 is 0 Å². The minimum Gasteiger partial charge on any atom is -0.327 e. The molecule has 0 aromatic heterocycles. The van der Waals surface area contributed by atoms with Gasteiger partial charge in [0.05, 0.1) is 0 Å². The molecule has 0 aliphatic heterocycles. The number of aryl methyl sites for hydroxylation is 1. The van der Waals surface area contributed by atoms with Gasteiger partial charge in [0.2, 0.25) is 0 Å². The van der Waals surface area contributed by atoms with Crippen molar-refractivity contribution in [2.45, 2.75) is 51.5 Å². The molecule has 2 N–H and O–H groups in total. The molecule has 1 aromatic rings. The third-order valence-electron chi connectivity index (χ3n) is 3.10. The van der Waals surface area contributed by atoms with Crippen LogP contribution in [0.5, 0.6) is 0 Å². The summed E-state index contributed by atoms with van der Waals surface area (Å²) in [5.41, 5.74) is 8.81. The molecule has 0 bridgehead atoms. The average molecular weight is 231 g/mol. The van der Waals surface area contributed by atoms with E-state index < -0.39 is 0 Å². The van der Waals surface area contributed by atoms with Gasteiger partial charge in [-0.25, -0.2) is 0 Å². The van der Waals surface area contributed by atoms with Gasteiger partial charge < -0.3 is 5.73 Å². The van der Waals surface area contributed by atoms with Gasteiger partial charge in [-0.3, -0.25) is 0 Å². The van der Waals surface area contributed by atoms with Gasteiger partial charge in [-0.15, -0.1) is 6.58 Å². The Morgan fingerprint density at radius 1 is 1.18 bits per heavy atom. The summed E-state index contributed by atoms with van der Waals surface area (Å²) in [4.78, 5) is 0. The molecule has 0 aliphatic rings. The van der Waals surface area contributed by atoms with Crippen LogP contribution in [-0.2, 0) is 6.42 Å². The van der Waals surface area contributed by atoms with Gasteiger partial charge in [0, 0.05) is 6.04 Å². The van der Waals surface area contributed by atoms with Gasteiger partial charge in [0.25, 0.3) is 0 Å². The predicted molar refractivity (Wildman–Crippen MR) is 76.1 cm³/mol. The van der Waals surface area contributed by atoms with E-state index in [1.807, 2.05) is 6.08 Å². The maximum Gasteiger partial charge on any atom is 0.00793 e. The number of hydrogen-bond acceptors (Lipinski definition) is 1. The highest BCUT2D eigenvalue weighted by atomic mass is 14.6. The zero-order valence-corrected chi connectivity index (χ0v) is 11.0. The van der Waals surface area contributed by atoms with Crippen LogP contribution in [-0.4, -0.2) is 6.04 Å². The second kappa shape index (κ2) is 8.08. The first-order valence-electron chi connectivity index (χ1n) is 6.64. The highest BCUT2D eigenvalue weighted by molar-refractivity contribution is 5.21. The summed E-state index contributed by atoms with van der Waals surface area (Å²) >= 11 is 0. The Labute approximate surface area is 106 Å². The zero-order valence-electron chi connectivity index (χ0n) is 11.0. The SMILES string of the molecule is C=CCCCCCC(N)Cc1ccc(C)cc1. The average Bonchev–Trinajstić information content (AvgIpc) is 2.32. The first-order valence-corrected chi connectivity index (χ1v) is 6.64. The zero-order chi connectivity index (χ0) is 12.5. The van der Waals surface area contributed by atoms with Crippen LogP contribution in [0.2, 0.25) is 0 Å². The minimum atomic E-state index is 0.307. The lowest BCUT2D eigenvalue weighted by Crippen LogP contribution is -2.22. The standard InChI is InChI=1S/C16H25N/c1-3-4-5-6-7-8-16(17)13-15-11-9-14(2)10-12-15/h3,9-12,16H,1,4-8,13,17H2,2H3. The number of unbranched alkanes of at least 4 members (excludes halogenated alkanes) is 3. The van der Waals surface area contributed by atoms with Crippen LogP contribution in [0, 0.1) is 6.92 Å². The van der Waals surface area contributed by atoms with E-state index in [-0.39, 0.29) is 0 Å². The number of hydrogen-bond donors (Lipinski definition) is 1. The summed E-state index contributed by atoms with van der Waals surface area (Å²) in [6.45, 7) is 5.85. The van der Waals surface area contributed by atoms with E-state index in [0.717, 1.165) is 19.3 Å². The Bertz CT molecular complexity index is 313. The number of nitrogens with two attached hydrogens (primary N) is 1. The Morgan fingerprint density at radius 2 is 1.88 bits per heavy atom. The molecule has 0 spiro atoms. The first-order chi connectivity index (χ1) is 8.22. The molecule has 94 valence electrons. The molecule has 0 fully saturated rings. The Hall–Kier alpha value is -1.08. The molecular formula is C16H25N. The normalized spacial score (nSPS) is 12.4. The monoisotopic (exact) mass is 231 g/mol. The number of rotatable bonds is 8. The predicted octanol–water partition coefficient (Wildman–Crippen LogP) is 4.00. The van der Waals surface area contributed by atoms with E-state index in [4.69, 9.17) is 5.73 Å². The van der Waals surface area contributed by atoms with E-state index in [1.54, 1.807) is 0 Å². The van der Waals surface area contributed by atoms with Crippen molar-refractivity contribution in [3.8, 4) is 0 Å². The fourth-order valence-corrected chi connectivity index (χ4v) is 2.00. The molecular weight excluding hydrogens is 206 g/mol. The Kier molecular flexibility index (Phi) is 6.64. The van der Waals surface area contributed by atoms with Gasteiger partial charge in [-0.05, 0) is 38.2 Å². The second-order valence-corrected chi connectivity index (χ2v) is 4.88. The second-order valence-electron chi connectivity index (χ2n) is 4.88. The fourth-order valence-electron chi connectivity index (χ4n) is 2.00. The molecule has 1 atom stereocenters. The fraction of sp³-hybridized carbons (Fsp3) is 0.500. The first kappa shape index (κ1) is 14.0. The van der Waals surface area contributed by atoms with Crippen molar-refractivity contribution in [2.24, 2.45) is 5.73 Å². The maximum absolute atomic E-state index is 6.14. The number of allylic oxidation sites excluding steroid dienone is 1. The highest BCUT2D eigenvalue weighted by Gasteiger charge is 2.03. The molecule has 0 aliphatic carbocycles. The van der Waals surface area contributed by atoms with E-state index in [2.05, 4.69) is 37.8 Å². The van der Waals surface area contributed by atoms with E-state index in [1.165, 1.54) is 30.4 Å². The summed E-state index contributed by atoms with van der Waals surface area (Å²) in [6, 6.07) is 9.00. The van der Waals surface area contributed by atoms with Gasteiger partial charge >= 0.3 is 0 Å². The molecule has 17 heavy (non-hydrogen) atoms. The molecule has 1 heteroatoms. The van der Waals surface area contributed by atoms with E-state index in [9.17, 15) is 0 Å². The lowest BCUT2D eigenvalue weighted by Gasteiger charge is -2.11. The third-order valence-corrected chi connectivity index (χ3v) is 3.10. The van der Waals surface area contributed by atoms with Crippen molar-refractivity contribution >= 4 is 0 Å². The van der Waals surface area contributed by atoms with Crippen LogP contribution < -0.4 is 5.73 Å². The maximum atomic E-state index is 6.14. The van der Waals surface area contributed by atoms with E-state index >= 15 is 0 Å². The largest absolute Gasteiger partial charge is 0.327 e. The van der Waals surface area contributed by atoms with Crippen molar-refractivity contribution in [2.75, 3.05) is 0 Å². The summed E-state index contributed by atoms with van der Waals surface area (Å²) in [7, 11) is 0. The Balaban J connectivity index is 2.18. The van der Waals surface area contributed by atoms with Crippen LogP contribution in [0.4, 0.5) is 0 Å². The van der Waals surface area contributed by atoms with Crippen LogP contribution in [0.15, 0.2) is 36.9 Å². The van der Waals surface area contributed by atoms with Gasteiger partial charge in [0.1, 0.15) is 0 Å². The minimum absolute atomic E-state index is 0.307. The highest BCUT2D eigenvalue weighted by Crippen LogP contribution is 2.10. The lowest BCUT2D eigenvalue weighted by molar-refractivity contribution is 0.551. The van der Waals surface area contributed by atoms with Crippen molar-refractivity contribution in [1.82, 2.24) is 0 Å². The van der Waals surface area contributed by atoms with Gasteiger partial charge in [-0.2, -0.15) is 0 Å². The van der Waals surface area contributed by atoms with Gasteiger partial charge in [0.15, 0.2) is 0 Å². The Morgan fingerprint density at radius 3 is 2.53 bits per heavy atom. The molecule has 0 saturated heterocycles. The van der Waals surface area contributed by atoms with Crippen molar-refractivity contribution in [1.29, 1.82) is 0 Å². The number of benzene rings is 1.